The highest BCUT2D eigenvalue weighted by Gasteiger charge is 2.08. The second-order valence-electron chi connectivity index (χ2n) is 4.89. The van der Waals surface area contributed by atoms with E-state index in [-0.39, 0.29) is 0 Å². The number of hydrogen-bond donors (Lipinski definition) is 2. The molecule has 25 heavy (non-hydrogen) atoms. The smallest absolute Gasteiger partial charge is 0.323 e. The molecular weight excluding hydrogens is 324 g/mol. The van der Waals surface area contributed by atoms with E-state index in [1.165, 1.54) is 19.5 Å². The Hall–Kier alpha value is -3.62. The highest BCUT2D eigenvalue weighted by atomic mass is 16.5. The molecule has 0 aliphatic heterocycles. The molecule has 2 heterocycles. The second kappa shape index (κ2) is 7.30. The number of urea groups is 1. The number of benzene rings is 1. The largest absolute Gasteiger partial charge is 0.493 e. The lowest BCUT2D eigenvalue weighted by molar-refractivity contribution is 0.262. The number of nitrogens with zero attached hydrogens (tertiary/aromatic N) is 4. The monoisotopic (exact) mass is 340 g/mol. The molecule has 0 aliphatic carbocycles. The van der Waals surface area contributed by atoms with Crippen molar-refractivity contribution in [2.75, 3.05) is 24.9 Å². The van der Waals surface area contributed by atoms with E-state index in [1.54, 1.807) is 48.6 Å². The van der Waals surface area contributed by atoms with Gasteiger partial charge in [0.05, 0.1) is 32.3 Å². The molecule has 0 saturated heterocycles. The lowest BCUT2D eigenvalue weighted by atomic mass is 10.3. The normalized spacial score (nSPS) is 10.2. The fourth-order valence-electron chi connectivity index (χ4n) is 2.10. The molecule has 2 amide bonds. The molecule has 0 aliphatic rings. The van der Waals surface area contributed by atoms with Crippen LogP contribution in [0.3, 0.4) is 0 Å². The fraction of sp³-hybridized carbons (Fsp3) is 0.125. The van der Waals surface area contributed by atoms with Gasteiger partial charge in [0.1, 0.15) is 6.33 Å². The number of methoxy groups -OCH3 is 2. The Labute approximate surface area is 143 Å². The van der Waals surface area contributed by atoms with Gasteiger partial charge >= 0.3 is 6.03 Å². The van der Waals surface area contributed by atoms with Gasteiger partial charge < -0.3 is 20.1 Å². The van der Waals surface area contributed by atoms with Crippen molar-refractivity contribution in [1.29, 1.82) is 0 Å². The minimum atomic E-state index is -0.425. The van der Waals surface area contributed by atoms with E-state index in [0.717, 1.165) is 0 Å². The van der Waals surface area contributed by atoms with Crippen LogP contribution in [-0.2, 0) is 0 Å². The van der Waals surface area contributed by atoms with Crippen LogP contribution in [0.5, 0.6) is 11.5 Å². The number of anilines is 2. The number of ether oxygens (including phenoxy) is 2. The summed E-state index contributed by atoms with van der Waals surface area (Å²) >= 11 is 0. The third-order valence-electron chi connectivity index (χ3n) is 3.27. The van der Waals surface area contributed by atoms with Crippen LogP contribution in [0.4, 0.5) is 16.2 Å². The van der Waals surface area contributed by atoms with Gasteiger partial charge in [-0.1, -0.05) is 0 Å². The summed E-state index contributed by atoms with van der Waals surface area (Å²) in [4.78, 5) is 24.3. The van der Waals surface area contributed by atoms with Crippen LogP contribution in [0.2, 0.25) is 0 Å². The average molecular weight is 340 g/mol. The molecular formula is C16H16N6O3. The molecule has 3 aromatic rings. The van der Waals surface area contributed by atoms with E-state index in [2.05, 4.69) is 25.6 Å². The first-order valence-corrected chi connectivity index (χ1v) is 7.30. The number of carbonyl (C=O) groups excluding carboxylic acids is 1. The first-order valence-electron chi connectivity index (χ1n) is 7.30. The molecule has 0 atom stereocenters. The third-order valence-corrected chi connectivity index (χ3v) is 3.27. The van der Waals surface area contributed by atoms with Crippen molar-refractivity contribution in [3.63, 3.8) is 0 Å². The number of nitrogens with one attached hydrogen (secondary N) is 2. The maximum Gasteiger partial charge on any atom is 0.323 e. The Kier molecular flexibility index (Phi) is 4.74. The molecule has 2 aromatic heterocycles. The number of amides is 2. The van der Waals surface area contributed by atoms with Crippen molar-refractivity contribution >= 4 is 17.4 Å². The lowest BCUT2D eigenvalue weighted by Crippen LogP contribution is -2.19. The van der Waals surface area contributed by atoms with E-state index in [1.807, 2.05) is 0 Å². The van der Waals surface area contributed by atoms with Gasteiger partial charge in [-0.05, 0) is 12.1 Å². The molecule has 0 radical (unpaired) electrons. The lowest BCUT2D eigenvalue weighted by Gasteiger charge is -2.11. The molecule has 3 rings (SSSR count). The fourth-order valence-corrected chi connectivity index (χ4v) is 2.10. The van der Waals surface area contributed by atoms with Crippen molar-refractivity contribution in [3.8, 4) is 17.4 Å². The van der Waals surface area contributed by atoms with Crippen LogP contribution in [0, 0.1) is 0 Å². The summed E-state index contributed by atoms with van der Waals surface area (Å²) in [6, 6.07) is 4.65. The molecule has 0 spiro atoms. The van der Waals surface area contributed by atoms with Gasteiger partial charge in [-0.2, -0.15) is 0 Å². The van der Waals surface area contributed by atoms with E-state index >= 15 is 0 Å². The van der Waals surface area contributed by atoms with Gasteiger partial charge in [-0.15, -0.1) is 0 Å². The average Bonchev–Trinajstić information content (AvgIpc) is 3.17. The summed E-state index contributed by atoms with van der Waals surface area (Å²) in [5.74, 6) is 1.56. The van der Waals surface area contributed by atoms with Gasteiger partial charge in [-0.25, -0.2) is 19.7 Å². The van der Waals surface area contributed by atoms with Crippen LogP contribution in [0.25, 0.3) is 5.95 Å². The van der Waals surface area contributed by atoms with E-state index in [0.29, 0.717) is 28.8 Å². The molecule has 1 aromatic carbocycles. The number of carbonyl (C=O) groups is 1. The summed E-state index contributed by atoms with van der Waals surface area (Å²) in [7, 11) is 3.08. The van der Waals surface area contributed by atoms with Crippen molar-refractivity contribution in [3.05, 3.63) is 49.3 Å². The highest BCUT2D eigenvalue weighted by molar-refractivity contribution is 5.99. The maximum absolute atomic E-state index is 12.1. The van der Waals surface area contributed by atoms with Gasteiger partial charge in [-0.3, -0.25) is 4.57 Å². The summed E-state index contributed by atoms with van der Waals surface area (Å²) in [5, 5.41) is 5.36. The van der Waals surface area contributed by atoms with Crippen LogP contribution in [-0.4, -0.2) is 39.8 Å². The quantitative estimate of drug-likeness (QED) is 0.739. The molecule has 0 saturated carbocycles. The van der Waals surface area contributed by atoms with Crippen LogP contribution in [0.1, 0.15) is 0 Å². The first kappa shape index (κ1) is 16.2. The Morgan fingerprint density at radius 3 is 2.40 bits per heavy atom. The topological polar surface area (TPSA) is 103 Å². The number of rotatable bonds is 5. The van der Waals surface area contributed by atoms with Crippen molar-refractivity contribution in [2.24, 2.45) is 0 Å². The van der Waals surface area contributed by atoms with Crippen LogP contribution in [0.15, 0.2) is 49.3 Å². The number of aromatic nitrogens is 4. The number of imidazole rings is 1. The minimum absolute atomic E-state index is 0.425. The molecule has 2 N–H and O–H groups in total. The molecule has 128 valence electrons. The highest BCUT2D eigenvalue weighted by Crippen LogP contribution is 2.29. The summed E-state index contributed by atoms with van der Waals surface area (Å²) in [6.07, 6.45) is 7.97. The van der Waals surface area contributed by atoms with Crippen molar-refractivity contribution in [2.45, 2.75) is 0 Å². The molecule has 0 bridgehead atoms. The molecule has 0 unspecified atom stereocenters. The Balaban J connectivity index is 1.64. The predicted octanol–water partition coefficient (Wildman–Crippen LogP) is 2.32. The number of hydrogen-bond acceptors (Lipinski definition) is 6. The predicted molar refractivity (Wildman–Crippen MR) is 91.3 cm³/mol. The van der Waals surface area contributed by atoms with Gasteiger partial charge in [0.2, 0.25) is 5.95 Å². The summed E-state index contributed by atoms with van der Waals surface area (Å²) in [5.41, 5.74) is 1.02. The van der Waals surface area contributed by atoms with Gasteiger partial charge in [0.25, 0.3) is 0 Å². The SMILES string of the molecule is COc1ccc(NC(=O)Nc2cnc(-n3ccnc3)nc2)cc1OC. The van der Waals surface area contributed by atoms with E-state index in [4.69, 9.17) is 9.47 Å². The Morgan fingerprint density at radius 2 is 1.76 bits per heavy atom. The zero-order valence-corrected chi connectivity index (χ0v) is 13.6. The summed E-state index contributed by atoms with van der Waals surface area (Å²) in [6.45, 7) is 0. The van der Waals surface area contributed by atoms with Gasteiger partial charge in [0.15, 0.2) is 11.5 Å². The van der Waals surface area contributed by atoms with E-state index < -0.39 is 6.03 Å². The second-order valence-corrected chi connectivity index (χ2v) is 4.89. The first-order chi connectivity index (χ1) is 12.2. The minimum Gasteiger partial charge on any atom is -0.493 e. The molecule has 9 heteroatoms. The maximum atomic E-state index is 12.1. The third kappa shape index (κ3) is 3.83. The zero-order chi connectivity index (χ0) is 17.6. The van der Waals surface area contributed by atoms with Crippen LogP contribution >= 0.6 is 0 Å². The standard InChI is InChI=1S/C16H16N6O3/c1-24-13-4-3-11(7-14(13)25-2)20-16(23)21-12-8-18-15(19-9-12)22-6-5-17-10-22/h3-10H,1-2H3,(H2,20,21,23). The molecule has 9 nitrogen and oxygen atoms in total. The van der Waals surface area contributed by atoms with Crippen molar-refractivity contribution in [1.82, 2.24) is 19.5 Å². The van der Waals surface area contributed by atoms with E-state index in [9.17, 15) is 4.79 Å². The summed E-state index contributed by atoms with van der Waals surface area (Å²) < 4.78 is 12.0. The zero-order valence-electron chi connectivity index (χ0n) is 13.6. The van der Waals surface area contributed by atoms with Crippen LogP contribution < -0.4 is 20.1 Å². The molecule has 0 fully saturated rings. The Morgan fingerprint density at radius 1 is 1.04 bits per heavy atom. The van der Waals surface area contributed by atoms with Crippen molar-refractivity contribution < 1.29 is 14.3 Å². The Bertz CT molecular complexity index is 849. The van der Waals surface area contributed by atoms with Gasteiger partial charge in [0, 0.05) is 24.1 Å².